The summed E-state index contributed by atoms with van der Waals surface area (Å²) in [5.74, 6) is 0.917. The number of aryl methyl sites for hydroxylation is 1. The van der Waals surface area contributed by atoms with Gasteiger partial charge in [0.15, 0.2) is 0 Å². The topological polar surface area (TPSA) is 34.1 Å². The molecular formula is C13H22N2O. The third-order valence-corrected chi connectivity index (χ3v) is 2.37. The molecule has 0 aromatic carbocycles. The molecule has 0 bridgehead atoms. The van der Waals surface area contributed by atoms with Crippen molar-refractivity contribution in [3.63, 3.8) is 0 Å². The molecule has 0 unspecified atom stereocenters. The summed E-state index contributed by atoms with van der Waals surface area (Å²) in [4.78, 5) is 4.50. The SMILES string of the molecule is CCCCOc1ccc(C)nc1CNCC. The third-order valence-electron chi connectivity index (χ3n) is 2.37. The summed E-state index contributed by atoms with van der Waals surface area (Å²) in [6.07, 6.45) is 2.25. The van der Waals surface area contributed by atoms with Gasteiger partial charge in [0.1, 0.15) is 5.75 Å². The van der Waals surface area contributed by atoms with Crippen molar-refractivity contribution in [2.45, 2.75) is 40.2 Å². The Balaban J connectivity index is 2.64. The van der Waals surface area contributed by atoms with Crippen LogP contribution in [0, 0.1) is 6.92 Å². The number of rotatable bonds is 7. The van der Waals surface area contributed by atoms with Crippen molar-refractivity contribution < 1.29 is 4.74 Å². The monoisotopic (exact) mass is 222 g/mol. The van der Waals surface area contributed by atoms with E-state index >= 15 is 0 Å². The van der Waals surface area contributed by atoms with Crippen LogP contribution in [0.5, 0.6) is 5.75 Å². The lowest BCUT2D eigenvalue weighted by atomic mass is 10.2. The van der Waals surface area contributed by atoms with Crippen molar-refractivity contribution in [2.24, 2.45) is 0 Å². The first kappa shape index (κ1) is 13.0. The van der Waals surface area contributed by atoms with E-state index in [1.54, 1.807) is 0 Å². The summed E-state index contributed by atoms with van der Waals surface area (Å²) in [7, 11) is 0. The summed E-state index contributed by atoms with van der Waals surface area (Å²) in [5, 5.41) is 3.28. The molecule has 3 heteroatoms. The number of hydrogen-bond acceptors (Lipinski definition) is 3. The maximum Gasteiger partial charge on any atom is 0.142 e. The largest absolute Gasteiger partial charge is 0.492 e. The number of hydrogen-bond donors (Lipinski definition) is 1. The highest BCUT2D eigenvalue weighted by atomic mass is 16.5. The van der Waals surface area contributed by atoms with E-state index in [9.17, 15) is 0 Å². The number of unbranched alkanes of at least 4 members (excludes halogenated alkanes) is 1. The molecule has 1 N–H and O–H groups in total. The smallest absolute Gasteiger partial charge is 0.142 e. The number of aromatic nitrogens is 1. The molecule has 0 fully saturated rings. The summed E-state index contributed by atoms with van der Waals surface area (Å²) in [6, 6.07) is 4.02. The molecule has 90 valence electrons. The van der Waals surface area contributed by atoms with Gasteiger partial charge in [0.05, 0.1) is 12.3 Å². The van der Waals surface area contributed by atoms with Gasteiger partial charge in [0.2, 0.25) is 0 Å². The number of nitrogens with one attached hydrogen (secondary N) is 1. The highest BCUT2D eigenvalue weighted by molar-refractivity contribution is 5.29. The second-order valence-electron chi connectivity index (χ2n) is 3.88. The molecule has 0 aliphatic heterocycles. The first-order valence-electron chi connectivity index (χ1n) is 6.08. The van der Waals surface area contributed by atoms with Crippen LogP contribution in [-0.4, -0.2) is 18.1 Å². The zero-order valence-corrected chi connectivity index (χ0v) is 10.5. The normalized spacial score (nSPS) is 10.4. The predicted octanol–water partition coefficient (Wildman–Crippen LogP) is 2.68. The van der Waals surface area contributed by atoms with E-state index in [1.165, 1.54) is 0 Å². The third kappa shape index (κ3) is 4.19. The quantitative estimate of drug-likeness (QED) is 0.720. The van der Waals surface area contributed by atoms with Crippen LogP contribution in [0.25, 0.3) is 0 Å². The second-order valence-corrected chi connectivity index (χ2v) is 3.88. The Bertz CT molecular complexity index is 313. The summed E-state index contributed by atoms with van der Waals surface area (Å²) in [6.45, 7) is 8.76. The average Bonchev–Trinajstić information content (AvgIpc) is 2.29. The van der Waals surface area contributed by atoms with Crippen molar-refractivity contribution in [1.82, 2.24) is 10.3 Å². The molecule has 1 heterocycles. The van der Waals surface area contributed by atoms with Gasteiger partial charge < -0.3 is 10.1 Å². The van der Waals surface area contributed by atoms with Gasteiger partial charge >= 0.3 is 0 Å². The summed E-state index contributed by atoms with van der Waals surface area (Å²) >= 11 is 0. The standard InChI is InChI=1S/C13H22N2O/c1-4-6-9-16-13-8-7-11(3)15-12(13)10-14-5-2/h7-8,14H,4-6,9-10H2,1-3H3. The van der Waals surface area contributed by atoms with E-state index in [1.807, 2.05) is 19.1 Å². The van der Waals surface area contributed by atoms with Crippen molar-refractivity contribution in [2.75, 3.05) is 13.2 Å². The van der Waals surface area contributed by atoms with Gasteiger partial charge in [-0.25, -0.2) is 0 Å². The van der Waals surface area contributed by atoms with Gasteiger partial charge in [-0.1, -0.05) is 20.3 Å². The molecule has 1 rings (SSSR count). The molecule has 0 spiro atoms. The summed E-state index contributed by atoms with van der Waals surface area (Å²) < 4.78 is 5.73. The molecule has 0 amide bonds. The molecule has 16 heavy (non-hydrogen) atoms. The van der Waals surface area contributed by atoms with Crippen molar-refractivity contribution >= 4 is 0 Å². The number of ether oxygens (including phenoxy) is 1. The van der Waals surface area contributed by atoms with E-state index < -0.39 is 0 Å². The molecule has 0 saturated heterocycles. The Labute approximate surface area is 98.2 Å². The van der Waals surface area contributed by atoms with Gasteiger partial charge in [-0.3, -0.25) is 4.98 Å². The Morgan fingerprint density at radius 3 is 2.81 bits per heavy atom. The fourth-order valence-electron chi connectivity index (χ4n) is 1.43. The van der Waals surface area contributed by atoms with Crippen LogP contribution in [0.4, 0.5) is 0 Å². The summed E-state index contributed by atoms with van der Waals surface area (Å²) in [5.41, 5.74) is 2.05. The lowest BCUT2D eigenvalue weighted by Gasteiger charge is -2.11. The molecule has 0 saturated carbocycles. The van der Waals surface area contributed by atoms with Gasteiger partial charge in [-0.15, -0.1) is 0 Å². The zero-order chi connectivity index (χ0) is 11.8. The Morgan fingerprint density at radius 1 is 1.31 bits per heavy atom. The predicted molar refractivity (Wildman–Crippen MR) is 66.8 cm³/mol. The highest BCUT2D eigenvalue weighted by Gasteiger charge is 2.04. The van der Waals surface area contributed by atoms with Crippen LogP contribution in [0.2, 0.25) is 0 Å². The Hall–Kier alpha value is -1.09. The average molecular weight is 222 g/mol. The second kappa shape index (κ2) is 7.23. The van der Waals surface area contributed by atoms with Gasteiger partial charge in [-0.05, 0) is 32.0 Å². The fraction of sp³-hybridized carbons (Fsp3) is 0.615. The molecule has 1 aromatic heterocycles. The maximum absolute atomic E-state index is 5.73. The molecule has 0 aliphatic carbocycles. The van der Waals surface area contributed by atoms with E-state index in [-0.39, 0.29) is 0 Å². The van der Waals surface area contributed by atoms with Crippen molar-refractivity contribution in [3.8, 4) is 5.75 Å². The van der Waals surface area contributed by atoms with Crippen LogP contribution < -0.4 is 10.1 Å². The lowest BCUT2D eigenvalue weighted by molar-refractivity contribution is 0.303. The first-order valence-corrected chi connectivity index (χ1v) is 6.08. The molecule has 1 aromatic rings. The molecule has 3 nitrogen and oxygen atoms in total. The molecular weight excluding hydrogens is 200 g/mol. The van der Waals surface area contributed by atoms with Crippen LogP contribution in [0.1, 0.15) is 38.1 Å². The molecule has 0 aliphatic rings. The van der Waals surface area contributed by atoms with Gasteiger partial charge in [0.25, 0.3) is 0 Å². The fourth-order valence-corrected chi connectivity index (χ4v) is 1.43. The minimum absolute atomic E-state index is 0.777. The minimum Gasteiger partial charge on any atom is -0.492 e. The highest BCUT2D eigenvalue weighted by Crippen LogP contribution is 2.17. The van der Waals surface area contributed by atoms with Gasteiger partial charge in [0, 0.05) is 12.2 Å². The van der Waals surface area contributed by atoms with Crippen molar-refractivity contribution in [1.29, 1.82) is 0 Å². The Morgan fingerprint density at radius 2 is 2.12 bits per heavy atom. The van der Waals surface area contributed by atoms with E-state index in [4.69, 9.17) is 4.74 Å². The zero-order valence-electron chi connectivity index (χ0n) is 10.5. The van der Waals surface area contributed by atoms with Gasteiger partial charge in [-0.2, -0.15) is 0 Å². The first-order chi connectivity index (χ1) is 7.77. The van der Waals surface area contributed by atoms with E-state index in [0.29, 0.717) is 0 Å². The van der Waals surface area contributed by atoms with Crippen LogP contribution in [-0.2, 0) is 6.54 Å². The number of nitrogens with zero attached hydrogens (tertiary/aromatic N) is 1. The molecule has 0 radical (unpaired) electrons. The van der Waals surface area contributed by atoms with Crippen LogP contribution in [0.3, 0.4) is 0 Å². The molecule has 0 atom stereocenters. The lowest BCUT2D eigenvalue weighted by Crippen LogP contribution is -2.14. The van der Waals surface area contributed by atoms with E-state index in [0.717, 1.165) is 49.7 Å². The Kier molecular flexibility index (Phi) is 5.86. The van der Waals surface area contributed by atoms with Crippen molar-refractivity contribution in [3.05, 3.63) is 23.5 Å². The van der Waals surface area contributed by atoms with Crippen LogP contribution in [0.15, 0.2) is 12.1 Å². The minimum atomic E-state index is 0.777. The number of pyridine rings is 1. The van der Waals surface area contributed by atoms with E-state index in [2.05, 4.69) is 24.1 Å². The van der Waals surface area contributed by atoms with Crippen LogP contribution >= 0.6 is 0 Å². The maximum atomic E-state index is 5.73.